The summed E-state index contributed by atoms with van der Waals surface area (Å²) in [6.45, 7) is 6.85. The van der Waals surface area contributed by atoms with Crippen LogP contribution < -0.4 is 15.3 Å². The minimum atomic E-state index is -4.03. The summed E-state index contributed by atoms with van der Waals surface area (Å²) in [4.78, 5) is 15.1. The first-order valence-electron chi connectivity index (χ1n) is 12.0. The summed E-state index contributed by atoms with van der Waals surface area (Å²) in [7, 11) is -7.65. The van der Waals surface area contributed by atoms with E-state index in [2.05, 4.69) is 14.8 Å². The molecule has 4 rings (SSSR count). The molecule has 2 aliphatic heterocycles. The molecule has 1 amide bonds. The molecule has 0 aromatic heterocycles. The second kappa shape index (κ2) is 10.0. The molecule has 39 heavy (non-hydrogen) atoms. The number of amidine groups is 1. The predicted octanol–water partition coefficient (Wildman–Crippen LogP) is 4.28. The fraction of sp³-hybridized carbons (Fsp3) is 0.360. The molecular weight excluding hydrogens is 553 g/mol. The molecule has 2 aromatic carbocycles. The first kappa shape index (κ1) is 28.7. The number of nitrogens with zero attached hydrogens (tertiary/aromatic N) is 2. The Morgan fingerprint density at radius 3 is 2.46 bits per heavy atom. The highest BCUT2D eigenvalue weighted by molar-refractivity contribution is 7.92. The topological polar surface area (TPSA) is 137 Å². The number of carbonyl (C=O) groups is 1. The van der Waals surface area contributed by atoms with Crippen LogP contribution in [0, 0.1) is 17.0 Å². The van der Waals surface area contributed by atoms with Crippen LogP contribution in [-0.2, 0) is 30.5 Å². The van der Waals surface area contributed by atoms with Crippen molar-refractivity contribution in [1.82, 2.24) is 4.90 Å². The van der Waals surface area contributed by atoms with E-state index in [4.69, 9.17) is 4.52 Å². The Kier molecular flexibility index (Phi) is 7.39. The van der Waals surface area contributed by atoms with Crippen molar-refractivity contribution in [2.45, 2.75) is 40.3 Å². The highest BCUT2D eigenvalue weighted by atomic mass is 32.2. The molecule has 2 unspecified atom stereocenters. The fourth-order valence-corrected chi connectivity index (χ4v) is 6.99. The van der Waals surface area contributed by atoms with Crippen molar-refractivity contribution in [2.24, 2.45) is 10.2 Å². The molecule has 10 nitrogen and oxygen atoms in total. The second-order valence-electron chi connectivity index (χ2n) is 10.3. The average molecular weight is 583 g/mol. The van der Waals surface area contributed by atoms with E-state index in [0.717, 1.165) is 18.4 Å². The number of halogens is 2. The van der Waals surface area contributed by atoms with Gasteiger partial charge < -0.3 is 19.8 Å². The number of fused-ring (bicyclic) bond motifs is 1. The number of rotatable bonds is 7. The van der Waals surface area contributed by atoms with Gasteiger partial charge in [-0.25, -0.2) is 17.2 Å². The van der Waals surface area contributed by atoms with Crippen LogP contribution in [0.1, 0.15) is 33.3 Å². The van der Waals surface area contributed by atoms with Crippen LogP contribution in [0.3, 0.4) is 0 Å². The van der Waals surface area contributed by atoms with E-state index < -0.39 is 46.5 Å². The van der Waals surface area contributed by atoms with Crippen LogP contribution in [0.4, 0.5) is 20.2 Å². The highest BCUT2D eigenvalue weighted by Gasteiger charge is 2.48. The lowest BCUT2D eigenvalue weighted by molar-refractivity contribution is -0.129. The molecule has 0 aliphatic carbocycles. The third-order valence-corrected chi connectivity index (χ3v) is 8.75. The maximum Gasteiger partial charge on any atom is 0.348 e. The standard InChI is InChI=1S/C25H29F2N4O6PS/c1-6-37-38(34)19-12-15(30-39(5,35)36)8-10-18(19)28-23(29-38)20-21(32)22(25(2,3)4)31(24(20)33)13-14-7-9-16(26)17(27)11-14/h7-12,22,30,32H,6,13H2,1-5H3,(H,28,29,34). The number of hydrogen-bond donors (Lipinski definition) is 3. The number of aliphatic hydroxyl groups is 1. The van der Waals surface area contributed by atoms with Gasteiger partial charge in [0.15, 0.2) is 17.5 Å². The van der Waals surface area contributed by atoms with Gasteiger partial charge in [0.25, 0.3) is 5.91 Å². The molecule has 0 spiro atoms. The van der Waals surface area contributed by atoms with Crippen molar-refractivity contribution in [3.8, 4) is 0 Å². The Morgan fingerprint density at radius 1 is 1.18 bits per heavy atom. The van der Waals surface area contributed by atoms with E-state index in [9.17, 15) is 31.7 Å². The number of anilines is 2. The van der Waals surface area contributed by atoms with Crippen molar-refractivity contribution in [1.29, 1.82) is 0 Å². The quantitative estimate of drug-likeness (QED) is 0.415. The van der Waals surface area contributed by atoms with Crippen LogP contribution in [-0.4, -0.2) is 49.1 Å². The molecule has 0 saturated carbocycles. The minimum Gasteiger partial charge on any atom is -0.509 e. The molecule has 14 heteroatoms. The number of amides is 1. The predicted molar refractivity (Wildman–Crippen MR) is 145 cm³/mol. The maximum absolute atomic E-state index is 13.9. The largest absolute Gasteiger partial charge is 0.509 e. The highest BCUT2D eigenvalue weighted by Crippen LogP contribution is 2.53. The molecule has 0 fully saturated rings. The Labute approximate surface area is 225 Å². The summed E-state index contributed by atoms with van der Waals surface area (Å²) in [5.41, 5.74) is -0.235. The maximum atomic E-state index is 13.9. The van der Waals surface area contributed by atoms with Crippen molar-refractivity contribution in [3.63, 3.8) is 0 Å². The summed E-state index contributed by atoms with van der Waals surface area (Å²) in [5.74, 6) is -3.27. The van der Waals surface area contributed by atoms with Crippen molar-refractivity contribution in [3.05, 3.63) is 64.9 Å². The molecule has 0 bridgehead atoms. The zero-order valence-corrected chi connectivity index (χ0v) is 23.7. The molecule has 2 heterocycles. The Hall–Kier alpha value is -3.28. The Bertz CT molecular complexity index is 1570. The summed E-state index contributed by atoms with van der Waals surface area (Å²) in [6.07, 6.45) is 0.974. The van der Waals surface area contributed by atoms with Crippen LogP contribution in [0.2, 0.25) is 0 Å². The van der Waals surface area contributed by atoms with E-state index in [1.165, 1.54) is 29.2 Å². The number of sulfonamides is 1. The summed E-state index contributed by atoms with van der Waals surface area (Å²) >= 11 is 0. The van der Waals surface area contributed by atoms with Gasteiger partial charge in [0.05, 0.1) is 29.9 Å². The van der Waals surface area contributed by atoms with Crippen LogP contribution in [0.25, 0.3) is 0 Å². The van der Waals surface area contributed by atoms with E-state index in [0.29, 0.717) is 5.56 Å². The van der Waals surface area contributed by atoms with Gasteiger partial charge in [0, 0.05) is 12.2 Å². The molecule has 2 atom stereocenters. The van der Waals surface area contributed by atoms with Gasteiger partial charge in [0.2, 0.25) is 10.0 Å². The van der Waals surface area contributed by atoms with Crippen molar-refractivity contribution >= 4 is 46.0 Å². The number of carbonyl (C=O) groups excluding carboxylic acids is 1. The van der Waals surface area contributed by atoms with Gasteiger partial charge in [0.1, 0.15) is 11.3 Å². The number of nitrogens with one attached hydrogen (secondary N) is 2. The van der Waals surface area contributed by atoms with E-state index in [-0.39, 0.29) is 47.0 Å². The van der Waals surface area contributed by atoms with Gasteiger partial charge in [-0.1, -0.05) is 26.8 Å². The summed E-state index contributed by atoms with van der Waals surface area (Å²) in [6, 6.07) is 6.64. The summed E-state index contributed by atoms with van der Waals surface area (Å²) < 4.78 is 76.8. The normalized spacial score (nSPS) is 21.5. The van der Waals surface area contributed by atoms with Gasteiger partial charge in [-0.15, -0.1) is 0 Å². The number of benzene rings is 2. The van der Waals surface area contributed by atoms with Crippen molar-refractivity contribution in [2.75, 3.05) is 22.9 Å². The monoisotopic (exact) mass is 582 g/mol. The third-order valence-electron chi connectivity index (χ3n) is 6.09. The first-order valence-corrected chi connectivity index (χ1v) is 15.4. The first-order chi connectivity index (χ1) is 18.0. The smallest absolute Gasteiger partial charge is 0.348 e. The molecule has 2 aromatic rings. The Morgan fingerprint density at radius 2 is 1.87 bits per heavy atom. The lowest BCUT2D eigenvalue weighted by Gasteiger charge is -2.35. The van der Waals surface area contributed by atoms with Crippen LogP contribution in [0.5, 0.6) is 0 Å². The number of hydrogen-bond acceptors (Lipinski definition) is 7. The van der Waals surface area contributed by atoms with Crippen LogP contribution in [0.15, 0.2) is 52.5 Å². The van der Waals surface area contributed by atoms with Gasteiger partial charge in [-0.3, -0.25) is 14.1 Å². The molecular formula is C25H29F2N4O6PS. The molecule has 210 valence electrons. The second-order valence-corrected chi connectivity index (χ2v) is 14.1. The van der Waals surface area contributed by atoms with Gasteiger partial charge in [-0.05, 0) is 48.2 Å². The zero-order valence-electron chi connectivity index (χ0n) is 21.9. The average Bonchev–Trinajstić information content (AvgIpc) is 3.05. The SMILES string of the molecule is CCOP1(=O)N=C(C2=C(O)C(C(C)(C)C)N(Cc3ccc(F)c(F)c3)C2=O)Nc2ccc(NS(C)(=O)=O)cc21. The fourth-order valence-electron chi connectivity index (χ4n) is 4.63. The lowest BCUT2D eigenvalue weighted by atomic mass is 9.85. The van der Waals surface area contributed by atoms with Crippen molar-refractivity contribution < 1.29 is 36.2 Å². The summed E-state index contributed by atoms with van der Waals surface area (Å²) in [5, 5.41) is 14.3. The molecule has 2 aliphatic rings. The minimum absolute atomic E-state index is 0.0108. The molecule has 0 saturated heterocycles. The van der Waals surface area contributed by atoms with E-state index in [1.54, 1.807) is 27.7 Å². The van der Waals surface area contributed by atoms with Gasteiger partial charge in [-0.2, -0.15) is 4.76 Å². The lowest BCUT2D eigenvalue weighted by Crippen LogP contribution is -2.43. The van der Waals surface area contributed by atoms with E-state index >= 15 is 0 Å². The molecule has 3 N–H and O–H groups in total. The zero-order chi connectivity index (χ0) is 28.9. The van der Waals surface area contributed by atoms with Crippen LogP contribution >= 0.6 is 7.52 Å². The third kappa shape index (κ3) is 5.70. The van der Waals surface area contributed by atoms with E-state index in [1.807, 2.05) is 0 Å². The molecule has 0 radical (unpaired) electrons. The van der Waals surface area contributed by atoms with Gasteiger partial charge >= 0.3 is 7.52 Å². The Balaban J connectivity index is 1.79. The number of aliphatic hydroxyl groups excluding tert-OH is 1.